The summed E-state index contributed by atoms with van der Waals surface area (Å²) in [5, 5.41) is 20.7. The monoisotopic (exact) mass is 442 g/mol. The van der Waals surface area contributed by atoms with E-state index in [2.05, 4.69) is 0 Å². The average Bonchev–Trinajstić information content (AvgIpc) is 3.30. The number of fused-ring (bicyclic) bond motifs is 2. The van der Waals surface area contributed by atoms with Crippen molar-refractivity contribution in [2.24, 2.45) is 11.8 Å². The minimum Gasteiger partial charge on any atom is -0.462 e. The maximum atomic E-state index is 12.6. The van der Waals surface area contributed by atoms with Crippen LogP contribution in [0.3, 0.4) is 0 Å². The van der Waals surface area contributed by atoms with Crippen molar-refractivity contribution in [1.82, 2.24) is 0 Å². The molecule has 3 aliphatic rings. The molecule has 9 heteroatoms. The minimum atomic E-state index is -1.000. The van der Waals surface area contributed by atoms with Crippen LogP contribution in [0.1, 0.15) is 46.5 Å². The fraction of sp³-hybridized carbons (Fsp3) is 0.818. The topological polar surface area (TPSA) is 124 Å². The van der Waals surface area contributed by atoms with Crippen LogP contribution in [0.5, 0.6) is 0 Å². The predicted molar refractivity (Wildman–Crippen MR) is 108 cm³/mol. The van der Waals surface area contributed by atoms with E-state index in [0.29, 0.717) is 19.3 Å². The normalized spacial score (nSPS) is 45.2. The number of aliphatic hydroxyl groups excluding tert-OH is 2. The number of aliphatic hydroxyl groups is 2. The highest BCUT2D eigenvalue weighted by Gasteiger charge is 2.46. The first-order valence-corrected chi connectivity index (χ1v) is 10.9. The Morgan fingerprint density at radius 3 is 2.55 bits per heavy atom. The van der Waals surface area contributed by atoms with Gasteiger partial charge >= 0.3 is 11.9 Å². The first-order chi connectivity index (χ1) is 14.7. The summed E-state index contributed by atoms with van der Waals surface area (Å²) in [7, 11) is 1.45. The molecule has 0 spiro atoms. The van der Waals surface area contributed by atoms with Crippen molar-refractivity contribution in [3.8, 4) is 0 Å². The Morgan fingerprint density at radius 2 is 1.87 bits per heavy atom. The maximum absolute atomic E-state index is 12.6. The molecule has 0 amide bonds. The Kier molecular flexibility index (Phi) is 8.09. The lowest BCUT2D eigenvalue weighted by Crippen LogP contribution is -2.46. The number of epoxide rings is 1. The lowest BCUT2D eigenvalue weighted by Gasteiger charge is -2.33. The standard InChI is InChI=1S/C22H34O9/c1-11-7-14-9-19(25)31-21(14)22(27-4)18(29-13(3)23)10-20(26)28-12(2)8-17-16(30-17)6-5-15(11)24/h5-6,11-12,14-19,21-22,24-25H,7-10H2,1-4H3/b6-5+/t11-,12-,14-,15+,16+,17+,18-,19?,21+,22?/m1/s1. The Hall–Kier alpha value is -1.52. The van der Waals surface area contributed by atoms with Crippen LogP contribution in [0.4, 0.5) is 0 Å². The first-order valence-electron chi connectivity index (χ1n) is 10.9. The second kappa shape index (κ2) is 10.4. The first kappa shape index (κ1) is 24.1. The molecule has 0 aromatic carbocycles. The van der Waals surface area contributed by atoms with Gasteiger partial charge < -0.3 is 33.9 Å². The second-order valence-electron chi connectivity index (χ2n) is 8.87. The van der Waals surface area contributed by atoms with Gasteiger partial charge in [0.15, 0.2) is 6.29 Å². The van der Waals surface area contributed by atoms with E-state index >= 15 is 0 Å². The highest BCUT2D eigenvalue weighted by Crippen LogP contribution is 2.37. The third-order valence-electron chi connectivity index (χ3n) is 6.20. The summed E-state index contributed by atoms with van der Waals surface area (Å²) in [5.74, 6) is -1.35. The summed E-state index contributed by atoms with van der Waals surface area (Å²) in [5.41, 5.74) is 0. The Labute approximate surface area is 182 Å². The number of hydrogen-bond donors (Lipinski definition) is 2. The lowest BCUT2D eigenvalue weighted by atomic mass is 9.84. The van der Waals surface area contributed by atoms with Crippen molar-refractivity contribution >= 4 is 11.9 Å². The molecule has 3 aliphatic heterocycles. The number of carbonyl (C=O) groups is 2. The van der Waals surface area contributed by atoms with Gasteiger partial charge in [0.05, 0.1) is 24.7 Å². The number of rotatable bonds is 2. The second-order valence-corrected chi connectivity index (χ2v) is 8.87. The smallest absolute Gasteiger partial charge is 0.309 e. The van der Waals surface area contributed by atoms with E-state index in [4.69, 9.17) is 23.7 Å². The summed E-state index contributed by atoms with van der Waals surface area (Å²) in [6.45, 7) is 4.97. The third-order valence-corrected chi connectivity index (χ3v) is 6.20. The summed E-state index contributed by atoms with van der Waals surface area (Å²) in [6, 6.07) is 0. The van der Waals surface area contributed by atoms with Crippen molar-refractivity contribution in [2.45, 2.75) is 95.5 Å². The van der Waals surface area contributed by atoms with Crippen LogP contribution in [0, 0.1) is 11.8 Å². The molecule has 3 heterocycles. The number of cyclic esters (lactones) is 1. The molecule has 176 valence electrons. The van der Waals surface area contributed by atoms with Gasteiger partial charge in [-0.05, 0) is 25.2 Å². The van der Waals surface area contributed by atoms with Gasteiger partial charge in [-0.25, -0.2) is 0 Å². The molecular formula is C22H34O9. The van der Waals surface area contributed by atoms with E-state index in [1.807, 2.05) is 13.0 Å². The van der Waals surface area contributed by atoms with E-state index in [1.54, 1.807) is 13.0 Å². The van der Waals surface area contributed by atoms with E-state index in [9.17, 15) is 19.8 Å². The van der Waals surface area contributed by atoms with Crippen LogP contribution in [-0.4, -0.2) is 78.3 Å². The van der Waals surface area contributed by atoms with E-state index in [-0.39, 0.29) is 36.6 Å². The maximum Gasteiger partial charge on any atom is 0.309 e. The van der Waals surface area contributed by atoms with Crippen molar-refractivity contribution in [1.29, 1.82) is 0 Å². The fourth-order valence-electron chi connectivity index (χ4n) is 4.61. The van der Waals surface area contributed by atoms with Crippen molar-refractivity contribution in [3.63, 3.8) is 0 Å². The molecule has 0 bridgehead atoms. The SMILES string of the molecule is COC1[C@H]2OC(O)C[C@H]2C[C@@H](C)[C@@H](O)/C=C/[C@@H]2O[C@H]2C[C@@H](C)OC(=O)C[C@H]1OC(C)=O. The number of carbonyl (C=O) groups excluding carboxylic acids is 2. The Morgan fingerprint density at radius 1 is 1.13 bits per heavy atom. The molecule has 0 aromatic heterocycles. The van der Waals surface area contributed by atoms with Gasteiger partial charge in [-0.15, -0.1) is 0 Å². The van der Waals surface area contributed by atoms with Gasteiger partial charge in [0.1, 0.15) is 24.4 Å². The van der Waals surface area contributed by atoms with Crippen molar-refractivity contribution in [2.75, 3.05) is 7.11 Å². The number of hydrogen-bond acceptors (Lipinski definition) is 9. The molecule has 0 radical (unpaired) electrons. The summed E-state index contributed by atoms with van der Waals surface area (Å²) in [6.07, 6.45) is 0.252. The molecule has 10 atom stereocenters. The van der Waals surface area contributed by atoms with Gasteiger partial charge in [-0.1, -0.05) is 19.1 Å². The number of ether oxygens (including phenoxy) is 5. The van der Waals surface area contributed by atoms with Gasteiger partial charge in [-0.3, -0.25) is 9.59 Å². The fourth-order valence-corrected chi connectivity index (χ4v) is 4.61. The van der Waals surface area contributed by atoms with Gasteiger partial charge in [0.2, 0.25) is 0 Å². The van der Waals surface area contributed by atoms with E-state index < -0.39 is 42.6 Å². The van der Waals surface area contributed by atoms with Gasteiger partial charge in [0.25, 0.3) is 0 Å². The quantitative estimate of drug-likeness (QED) is 0.367. The zero-order valence-electron chi connectivity index (χ0n) is 18.5. The summed E-state index contributed by atoms with van der Waals surface area (Å²) in [4.78, 5) is 24.3. The van der Waals surface area contributed by atoms with E-state index in [0.717, 1.165) is 0 Å². The number of esters is 2. The molecule has 2 N–H and O–H groups in total. The summed E-state index contributed by atoms with van der Waals surface area (Å²) >= 11 is 0. The minimum absolute atomic E-state index is 0.0618. The molecule has 0 aliphatic carbocycles. The van der Waals surface area contributed by atoms with Crippen LogP contribution in [0.2, 0.25) is 0 Å². The van der Waals surface area contributed by atoms with Crippen LogP contribution in [-0.2, 0) is 33.3 Å². The van der Waals surface area contributed by atoms with Crippen LogP contribution >= 0.6 is 0 Å². The van der Waals surface area contributed by atoms with Crippen LogP contribution in [0.25, 0.3) is 0 Å². The molecule has 31 heavy (non-hydrogen) atoms. The molecule has 2 unspecified atom stereocenters. The lowest BCUT2D eigenvalue weighted by molar-refractivity contribution is -0.181. The molecule has 2 fully saturated rings. The summed E-state index contributed by atoms with van der Waals surface area (Å²) < 4.78 is 27.8. The van der Waals surface area contributed by atoms with Crippen molar-refractivity contribution < 1.29 is 43.5 Å². The molecule has 0 saturated carbocycles. The Balaban J connectivity index is 1.85. The number of methoxy groups -OCH3 is 1. The average molecular weight is 443 g/mol. The van der Waals surface area contributed by atoms with E-state index in [1.165, 1.54) is 14.0 Å². The highest BCUT2D eigenvalue weighted by molar-refractivity contribution is 5.71. The molecule has 9 nitrogen and oxygen atoms in total. The molecule has 0 aromatic rings. The highest BCUT2D eigenvalue weighted by atomic mass is 16.6. The zero-order valence-corrected chi connectivity index (χ0v) is 18.5. The third kappa shape index (κ3) is 6.49. The predicted octanol–water partition coefficient (Wildman–Crippen LogP) is 1.09. The molecular weight excluding hydrogens is 408 g/mol. The molecule has 2 saturated heterocycles. The zero-order chi connectivity index (χ0) is 22.7. The molecule has 3 rings (SSSR count). The van der Waals surface area contributed by atoms with Gasteiger partial charge in [-0.2, -0.15) is 0 Å². The largest absolute Gasteiger partial charge is 0.462 e. The van der Waals surface area contributed by atoms with Gasteiger partial charge in [0, 0.05) is 26.9 Å². The Bertz CT molecular complexity index is 665. The van der Waals surface area contributed by atoms with Crippen molar-refractivity contribution in [3.05, 3.63) is 12.2 Å². The van der Waals surface area contributed by atoms with Crippen LogP contribution in [0.15, 0.2) is 12.2 Å². The van der Waals surface area contributed by atoms with Crippen LogP contribution < -0.4 is 0 Å².